The van der Waals surface area contributed by atoms with Crippen molar-refractivity contribution in [3.63, 3.8) is 0 Å². The molecule has 0 aliphatic heterocycles. The normalized spacial score (nSPS) is 12.8. The van der Waals surface area contributed by atoms with Gasteiger partial charge >= 0.3 is 11.9 Å². The molecule has 0 fully saturated rings. The van der Waals surface area contributed by atoms with Crippen LogP contribution in [0.2, 0.25) is 0 Å². The summed E-state index contributed by atoms with van der Waals surface area (Å²) in [5.74, 6) is -2.00. The summed E-state index contributed by atoms with van der Waals surface area (Å²) in [6.45, 7) is 1.65. The fourth-order valence-electron chi connectivity index (χ4n) is 4.47. The Morgan fingerprint density at radius 2 is 1.11 bits per heavy atom. The van der Waals surface area contributed by atoms with E-state index in [2.05, 4.69) is 5.32 Å². The summed E-state index contributed by atoms with van der Waals surface area (Å²) in [4.78, 5) is 38.0. The molecule has 182 valence electrons. The second-order valence-corrected chi connectivity index (χ2v) is 8.48. The molecule has 0 bridgehead atoms. The summed E-state index contributed by atoms with van der Waals surface area (Å²) < 4.78 is 9.69. The van der Waals surface area contributed by atoms with E-state index in [1.807, 2.05) is 91.0 Å². The highest BCUT2D eigenvalue weighted by Gasteiger charge is 2.39. The van der Waals surface area contributed by atoms with Gasteiger partial charge in [0.1, 0.15) is 6.04 Å². The van der Waals surface area contributed by atoms with Crippen LogP contribution in [0.15, 0.2) is 91.0 Å². The zero-order chi connectivity index (χ0) is 25.3. The average Bonchev–Trinajstić information content (AvgIpc) is 2.91. The summed E-state index contributed by atoms with van der Waals surface area (Å²) in [5.41, 5.74) is 2.04. The van der Waals surface area contributed by atoms with Crippen molar-refractivity contribution in [1.29, 1.82) is 0 Å². The molecule has 6 nitrogen and oxygen atoms in total. The highest BCUT2D eigenvalue weighted by atomic mass is 16.5. The van der Waals surface area contributed by atoms with Crippen molar-refractivity contribution in [2.45, 2.75) is 31.2 Å². The van der Waals surface area contributed by atoms with Gasteiger partial charge in [-0.3, -0.25) is 9.59 Å². The minimum absolute atomic E-state index is 0.0468. The van der Waals surface area contributed by atoms with Gasteiger partial charge in [-0.2, -0.15) is 0 Å². The van der Waals surface area contributed by atoms with E-state index < -0.39 is 29.3 Å². The van der Waals surface area contributed by atoms with Gasteiger partial charge in [0, 0.05) is 6.42 Å². The van der Waals surface area contributed by atoms with E-state index >= 15 is 0 Å². The Bertz CT molecular complexity index is 1020. The smallest absolute Gasteiger partial charge is 0.328 e. The van der Waals surface area contributed by atoms with E-state index in [-0.39, 0.29) is 18.7 Å². The van der Waals surface area contributed by atoms with Crippen molar-refractivity contribution in [3.05, 3.63) is 108 Å². The van der Waals surface area contributed by atoms with Gasteiger partial charge in [-0.1, -0.05) is 97.9 Å². The second-order valence-electron chi connectivity index (χ2n) is 8.48. The average molecular weight is 474 g/mol. The number of esters is 2. The summed E-state index contributed by atoms with van der Waals surface area (Å²) in [5, 5.41) is 2.82. The quantitative estimate of drug-likeness (QED) is 0.351. The van der Waals surface area contributed by atoms with Crippen LogP contribution in [0.25, 0.3) is 0 Å². The van der Waals surface area contributed by atoms with Crippen molar-refractivity contribution in [2.24, 2.45) is 5.92 Å². The number of nitrogens with one attached hydrogen (secondary N) is 1. The molecule has 0 aromatic heterocycles. The Balaban J connectivity index is 2.04. The van der Waals surface area contributed by atoms with Gasteiger partial charge in [0.2, 0.25) is 5.91 Å². The lowest BCUT2D eigenvalue weighted by Crippen LogP contribution is -2.46. The third-order valence-corrected chi connectivity index (χ3v) is 6.24. The van der Waals surface area contributed by atoms with Gasteiger partial charge in [-0.05, 0) is 23.1 Å². The van der Waals surface area contributed by atoms with Crippen molar-refractivity contribution in [1.82, 2.24) is 5.32 Å². The van der Waals surface area contributed by atoms with Crippen LogP contribution in [-0.2, 0) is 29.3 Å². The van der Waals surface area contributed by atoms with Gasteiger partial charge in [0.05, 0.1) is 25.6 Å². The molecular formula is C29H31NO5. The molecule has 0 aliphatic carbocycles. The largest absolute Gasteiger partial charge is 0.469 e. The van der Waals surface area contributed by atoms with Gasteiger partial charge in [0.15, 0.2) is 0 Å². The Hall–Kier alpha value is -3.93. The van der Waals surface area contributed by atoms with Crippen molar-refractivity contribution >= 4 is 17.8 Å². The van der Waals surface area contributed by atoms with Crippen LogP contribution in [0.5, 0.6) is 0 Å². The molecule has 3 rings (SSSR count). The van der Waals surface area contributed by atoms with Gasteiger partial charge < -0.3 is 14.8 Å². The van der Waals surface area contributed by atoms with E-state index in [1.165, 1.54) is 14.2 Å². The molecule has 1 N–H and O–H groups in total. The van der Waals surface area contributed by atoms with Gasteiger partial charge in [-0.25, -0.2) is 4.79 Å². The minimum atomic E-state index is -0.985. The van der Waals surface area contributed by atoms with E-state index in [9.17, 15) is 14.4 Å². The summed E-state index contributed by atoms with van der Waals surface area (Å²) >= 11 is 0. The van der Waals surface area contributed by atoms with Crippen molar-refractivity contribution in [3.8, 4) is 0 Å². The molecule has 3 aromatic rings. The maximum Gasteiger partial charge on any atom is 0.328 e. The molecule has 0 saturated heterocycles. The first kappa shape index (κ1) is 25.7. The maximum absolute atomic E-state index is 13.6. The molecule has 1 amide bonds. The number of carbonyl (C=O) groups is 3. The second kappa shape index (κ2) is 12.0. The summed E-state index contributed by atoms with van der Waals surface area (Å²) in [6.07, 6.45) is 0.116. The van der Waals surface area contributed by atoms with Gasteiger partial charge in [0.25, 0.3) is 0 Å². The minimum Gasteiger partial charge on any atom is -0.469 e. The number of amides is 1. The predicted molar refractivity (Wildman–Crippen MR) is 134 cm³/mol. The Labute approximate surface area is 206 Å². The molecule has 0 radical (unpaired) electrons. The molecular weight excluding hydrogens is 442 g/mol. The molecule has 0 saturated carbocycles. The number of methoxy groups -OCH3 is 2. The van der Waals surface area contributed by atoms with Crippen molar-refractivity contribution < 1.29 is 23.9 Å². The van der Waals surface area contributed by atoms with Crippen LogP contribution < -0.4 is 5.32 Å². The fraction of sp³-hybridized carbons (Fsp3) is 0.276. The van der Waals surface area contributed by atoms with E-state index in [0.29, 0.717) is 0 Å². The SMILES string of the molecule is COC(=O)[C@H](C)C[C@@H](NC(=O)CC(c1ccccc1)(c1ccccc1)c1ccccc1)C(=O)OC. The van der Waals surface area contributed by atoms with Crippen molar-refractivity contribution in [2.75, 3.05) is 14.2 Å². The fourth-order valence-corrected chi connectivity index (χ4v) is 4.47. The molecule has 0 heterocycles. The monoisotopic (exact) mass is 473 g/mol. The van der Waals surface area contributed by atoms with Crippen LogP contribution in [0.4, 0.5) is 0 Å². The first-order valence-corrected chi connectivity index (χ1v) is 11.5. The first-order chi connectivity index (χ1) is 16.9. The van der Waals surface area contributed by atoms with E-state index in [4.69, 9.17) is 9.47 Å². The molecule has 0 unspecified atom stereocenters. The standard InChI is InChI=1S/C29H31NO5/c1-21(27(32)34-2)19-25(28(33)35-3)30-26(31)20-29(22-13-7-4-8-14-22,23-15-9-5-10-16-23)24-17-11-6-12-18-24/h4-18,21,25H,19-20H2,1-3H3,(H,30,31)/t21-,25-/m1/s1. The third kappa shape index (κ3) is 5.96. The number of carbonyl (C=O) groups excluding carboxylic acids is 3. The van der Waals surface area contributed by atoms with E-state index in [0.717, 1.165) is 16.7 Å². The van der Waals surface area contributed by atoms with Crippen LogP contribution in [0.1, 0.15) is 36.5 Å². The zero-order valence-corrected chi connectivity index (χ0v) is 20.3. The highest BCUT2D eigenvalue weighted by Crippen LogP contribution is 2.42. The number of hydrogen-bond donors (Lipinski definition) is 1. The molecule has 0 spiro atoms. The topological polar surface area (TPSA) is 81.7 Å². The molecule has 2 atom stereocenters. The maximum atomic E-state index is 13.6. The zero-order valence-electron chi connectivity index (χ0n) is 20.3. The highest BCUT2D eigenvalue weighted by molar-refractivity contribution is 5.86. The Morgan fingerprint density at radius 1 is 0.714 bits per heavy atom. The number of hydrogen-bond acceptors (Lipinski definition) is 5. The molecule has 3 aromatic carbocycles. The summed E-state index contributed by atoms with van der Waals surface area (Å²) in [6, 6.07) is 28.5. The Kier molecular flexibility index (Phi) is 8.79. The van der Waals surface area contributed by atoms with Gasteiger partial charge in [-0.15, -0.1) is 0 Å². The predicted octanol–water partition coefficient (Wildman–Crippen LogP) is 4.27. The number of benzene rings is 3. The summed E-state index contributed by atoms with van der Waals surface area (Å²) in [7, 11) is 2.55. The molecule has 6 heteroatoms. The first-order valence-electron chi connectivity index (χ1n) is 11.5. The number of rotatable bonds is 10. The number of ether oxygens (including phenoxy) is 2. The third-order valence-electron chi connectivity index (χ3n) is 6.24. The molecule has 0 aliphatic rings. The lowest BCUT2D eigenvalue weighted by Gasteiger charge is -2.36. The Morgan fingerprint density at radius 3 is 1.49 bits per heavy atom. The lowest BCUT2D eigenvalue weighted by atomic mass is 9.67. The van der Waals surface area contributed by atoms with Crippen LogP contribution >= 0.6 is 0 Å². The van der Waals surface area contributed by atoms with Crippen LogP contribution in [0, 0.1) is 5.92 Å². The van der Waals surface area contributed by atoms with Crippen LogP contribution in [0.3, 0.4) is 0 Å². The lowest BCUT2D eigenvalue weighted by molar-refractivity contribution is -0.149. The van der Waals surface area contributed by atoms with E-state index in [1.54, 1.807) is 6.92 Å². The molecule has 35 heavy (non-hydrogen) atoms. The van der Waals surface area contributed by atoms with Crippen LogP contribution in [-0.4, -0.2) is 38.1 Å².